The predicted molar refractivity (Wildman–Crippen MR) is 111 cm³/mol. The number of hydrogen-bond donors (Lipinski definition) is 1. The lowest BCUT2D eigenvalue weighted by Crippen LogP contribution is -2.36. The Bertz CT molecular complexity index is 1120. The molecule has 6 nitrogen and oxygen atoms in total. The second-order valence-corrected chi connectivity index (χ2v) is 10.0. The van der Waals surface area contributed by atoms with Crippen LogP contribution < -0.4 is 5.32 Å². The molecule has 0 aliphatic heterocycles. The van der Waals surface area contributed by atoms with Crippen molar-refractivity contribution in [2.24, 2.45) is 5.92 Å². The lowest BCUT2D eigenvalue weighted by atomic mass is 9.89. The van der Waals surface area contributed by atoms with Gasteiger partial charge in [-0.1, -0.05) is 19.1 Å². The van der Waals surface area contributed by atoms with E-state index in [1.54, 1.807) is 36.7 Å². The van der Waals surface area contributed by atoms with Gasteiger partial charge in [-0.15, -0.1) is 0 Å². The van der Waals surface area contributed by atoms with Crippen molar-refractivity contribution in [3.63, 3.8) is 0 Å². The Kier molecular flexibility index (Phi) is 5.60. The summed E-state index contributed by atoms with van der Waals surface area (Å²) in [6, 6.07) is 9.62. The van der Waals surface area contributed by atoms with Crippen molar-refractivity contribution in [2.75, 3.05) is 0 Å². The van der Waals surface area contributed by atoms with Crippen molar-refractivity contribution in [1.82, 2.24) is 10.3 Å². The first kappa shape index (κ1) is 20.5. The van der Waals surface area contributed by atoms with Gasteiger partial charge in [-0.2, -0.15) is 0 Å². The standard InChI is InChI=1S/C22H23FN2O4S/c1-14-2-7-21(18(23)10-14)30(27,28)17-5-3-15(4-6-17)12-25-22(26)19-11-16-8-9-24-13-20(16)29-19/h3-6,8-9,11,13-14,18,21H,2,7,10,12H2,1H3,(H,25,26). The normalized spacial score (nSPS) is 22.1. The number of pyridine rings is 1. The Morgan fingerprint density at radius 2 is 2.00 bits per heavy atom. The topological polar surface area (TPSA) is 89.3 Å². The smallest absolute Gasteiger partial charge is 0.287 e. The summed E-state index contributed by atoms with van der Waals surface area (Å²) >= 11 is 0. The number of halogens is 1. The molecule has 3 atom stereocenters. The Hall–Kier alpha value is -2.74. The van der Waals surface area contributed by atoms with E-state index in [4.69, 9.17) is 4.42 Å². The van der Waals surface area contributed by atoms with E-state index in [1.807, 2.05) is 6.92 Å². The van der Waals surface area contributed by atoms with E-state index >= 15 is 0 Å². The van der Waals surface area contributed by atoms with Gasteiger partial charge in [0.25, 0.3) is 5.91 Å². The van der Waals surface area contributed by atoms with Gasteiger partial charge in [-0.25, -0.2) is 12.8 Å². The van der Waals surface area contributed by atoms with E-state index in [0.29, 0.717) is 18.4 Å². The predicted octanol–water partition coefficient (Wildman–Crippen LogP) is 4.06. The molecule has 0 radical (unpaired) electrons. The van der Waals surface area contributed by atoms with Gasteiger partial charge < -0.3 is 9.73 Å². The fraction of sp³-hybridized carbons (Fsp3) is 0.364. The minimum Gasteiger partial charge on any atom is -0.449 e. The van der Waals surface area contributed by atoms with E-state index in [-0.39, 0.29) is 35.4 Å². The molecule has 2 heterocycles. The number of carbonyl (C=O) groups excluding carboxylic acids is 1. The molecule has 1 aliphatic rings. The first-order valence-electron chi connectivity index (χ1n) is 9.93. The van der Waals surface area contributed by atoms with Crippen LogP contribution in [0.4, 0.5) is 4.39 Å². The zero-order valence-electron chi connectivity index (χ0n) is 16.5. The maximum atomic E-state index is 14.4. The quantitative estimate of drug-likeness (QED) is 0.659. The van der Waals surface area contributed by atoms with Crippen LogP contribution in [-0.2, 0) is 16.4 Å². The summed E-state index contributed by atoms with van der Waals surface area (Å²) in [6.45, 7) is 2.15. The second-order valence-electron chi connectivity index (χ2n) is 7.87. The average molecular weight is 431 g/mol. The van der Waals surface area contributed by atoms with Crippen molar-refractivity contribution in [3.05, 3.63) is 60.1 Å². The van der Waals surface area contributed by atoms with Crippen molar-refractivity contribution in [3.8, 4) is 0 Å². The van der Waals surface area contributed by atoms with Gasteiger partial charge in [0, 0.05) is 18.1 Å². The van der Waals surface area contributed by atoms with Crippen LogP contribution in [0.15, 0.2) is 58.1 Å². The number of sulfone groups is 1. The maximum absolute atomic E-state index is 14.4. The number of benzene rings is 1. The third kappa shape index (κ3) is 4.09. The maximum Gasteiger partial charge on any atom is 0.287 e. The minimum absolute atomic E-state index is 0.115. The molecule has 1 aliphatic carbocycles. The SMILES string of the molecule is CC1CCC(S(=O)(=O)c2ccc(CNC(=O)c3cc4ccncc4o3)cc2)C(F)C1. The molecule has 0 spiro atoms. The number of alkyl halides is 1. The summed E-state index contributed by atoms with van der Waals surface area (Å²) in [5.41, 5.74) is 1.26. The molecule has 4 rings (SSSR count). The van der Waals surface area contributed by atoms with E-state index in [9.17, 15) is 17.6 Å². The van der Waals surface area contributed by atoms with Crippen LogP contribution in [-0.4, -0.2) is 30.7 Å². The lowest BCUT2D eigenvalue weighted by molar-refractivity contribution is 0.0925. The second kappa shape index (κ2) is 8.18. The molecule has 3 aromatic rings. The summed E-state index contributed by atoms with van der Waals surface area (Å²) in [6.07, 6.45) is 3.17. The third-order valence-electron chi connectivity index (χ3n) is 5.63. The first-order chi connectivity index (χ1) is 14.3. The molecule has 8 heteroatoms. The van der Waals surface area contributed by atoms with Gasteiger partial charge >= 0.3 is 0 Å². The molecule has 30 heavy (non-hydrogen) atoms. The van der Waals surface area contributed by atoms with Crippen LogP contribution >= 0.6 is 0 Å². The number of nitrogens with zero attached hydrogens (tertiary/aromatic N) is 1. The van der Waals surface area contributed by atoms with Gasteiger partial charge in [-0.05, 0) is 55.0 Å². The van der Waals surface area contributed by atoms with Crippen molar-refractivity contribution in [2.45, 2.75) is 49.0 Å². The zero-order chi connectivity index (χ0) is 21.3. The number of rotatable bonds is 5. The molecule has 1 amide bonds. The Balaban J connectivity index is 1.41. The van der Waals surface area contributed by atoms with Gasteiger partial charge in [0.1, 0.15) is 6.17 Å². The zero-order valence-corrected chi connectivity index (χ0v) is 17.4. The molecule has 1 aromatic carbocycles. The van der Waals surface area contributed by atoms with Crippen molar-refractivity contribution < 1.29 is 22.0 Å². The fourth-order valence-electron chi connectivity index (χ4n) is 3.87. The summed E-state index contributed by atoms with van der Waals surface area (Å²) in [7, 11) is -3.72. The van der Waals surface area contributed by atoms with Crippen molar-refractivity contribution in [1.29, 1.82) is 0 Å². The highest BCUT2D eigenvalue weighted by Crippen LogP contribution is 2.33. The van der Waals surface area contributed by atoms with E-state index in [1.165, 1.54) is 12.1 Å². The van der Waals surface area contributed by atoms with Crippen LogP contribution in [0.1, 0.15) is 42.3 Å². The van der Waals surface area contributed by atoms with Gasteiger partial charge in [0.05, 0.1) is 16.3 Å². The number of furan rings is 1. The molecule has 3 unspecified atom stereocenters. The number of fused-ring (bicyclic) bond motifs is 1. The highest BCUT2D eigenvalue weighted by atomic mass is 32.2. The van der Waals surface area contributed by atoms with Crippen LogP contribution in [0.25, 0.3) is 11.0 Å². The lowest BCUT2D eigenvalue weighted by Gasteiger charge is -2.29. The highest BCUT2D eigenvalue weighted by molar-refractivity contribution is 7.92. The third-order valence-corrected chi connectivity index (χ3v) is 7.88. The van der Waals surface area contributed by atoms with E-state index in [0.717, 1.165) is 10.9 Å². The number of aromatic nitrogens is 1. The van der Waals surface area contributed by atoms with Crippen LogP contribution in [0.2, 0.25) is 0 Å². The highest BCUT2D eigenvalue weighted by Gasteiger charge is 2.38. The molecule has 2 aromatic heterocycles. The molecule has 0 saturated heterocycles. The summed E-state index contributed by atoms with van der Waals surface area (Å²) in [5.74, 6) is 0.0117. The monoisotopic (exact) mass is 430 g/mol. The van der Waals surface area contributed by atoms with Gasteiger partial charge in [-0.3, -0.25) is 9.78 Å². The summed E-state index contributed by atoms with van der Waals surface area (Å²) < 4.78 is 45.5. The molecular weight excluding hydrogens is 407 g/mol. The molecule has 1 saturated carbocycles. The summed E-state index contributed by atoms with van der Waals surface area (Å²) in [5, 5.41) is 2.55. The number of amides is 1. The van der Waals surface area contributed by atoms with Gasteiger partial charge in [0.15, 0.2) is 21.2 Å². The Labute approximate surface area is 174 Å². The largest absolute Gasteiger partial charge is 0.449 e. The van der Waals surface area contributed by atoms with E-state index < -0.39 is 21.3 Å². The molecule has 1 fully saturated rings. The molecule has 0 bridgehead atoms. The van der Waals surface area contributed by atoms with Crippen LogP contribution in [0.3, 0.4) is 0 Å². The van der Waals surface area contributed by atoms with Crippen LogP contribution in [0.5, 0.6) is 0 Å². The molecular formula is C22H23FN2O4S. The Morgan fingerprint density at radius 3 is 2.70 bits per heavy atom. The van der Waals surface area contributed by atoms with Crippen molar-refractivity contribution >= 4 is 26.7 Å². The summed E-state index contributed by atoms with van der Waals surface area (Å²) in [4.78, 5) is 16.4. The molecule has 158 valence electrons. The Morgan fingerprint density at radius 1 is 1.23 bits per heavy atom. The fourth-order valence-corrected chi connectivity index (χ4v) is 5.68. The minimum atomic E-state index is -3.72. The molecule has 1 N–H and O–H groups in total. The number of nitrogens with one attached hydrogen (secondary N) is 1. The number of hydrogen-bond acceptors (Lipinski definition) is 5. The van der Waals surface area contributed by atoms with Crippen LogP contribution in [0, 0.1) is 5.92 Å². The van der Waals surface area contributed by atoms with E-state index in [2.05, 4.69) is 10.3 Å². The van der Waals surface area contributed by atoms with Gasteiger partial charge in [0.2, 0.25) is 0 Å². The first-order valence-corrected chi connectivity index (χ1v) is 11.5. The average Bonchev–Trinajstić information content (AvgIpc) is 3.16. The number of carbonyl (C=O) groups is 1.